The summed E-state index contributed by atoms with van der Waals surface area (Å²) < 4.78 is 5.28. The molecule has 2 heterocycles. The Labute approximate surface area is 136 Å². The number of piperidine rings is 1. The van der Waals surface area contributed by atoms with Crippen molar-refractivity contribution in [1.29, 1.82) is 0 Å². The molecule has 1 aliphatic carbocycles. The molecule has 2 atom stereocenters. The molecule has 126 valence electrons. The predicted molar refractivity (Wildman–Crippen MR) is 84.1 cm³/mol. The zero-order valence-corrected chi connectivity index (χ0v) is 13.4. The topological polar surface area (TPSA) is 82.9 Å². The standard InChI is InChI=1S/C17H24N2O4/c1-23-15-13(3-2-7-18-15)10-19-8-6-14(20)17(11-19,16(21)22)9-12-4-5-12/h2-3,7,12,14,20H,4-6,8-11H2,1H3,(H,21,22)/t14-,17-/m1/s1. The van der Waals surface area contributed by atoms with E-state index in [0.717, 1.165) is 18.4 Å². The van der Waals surface area contributed by atoms with Gasteiger partial charge in [0.1, 0.15) is 5.41 Å². The molecule has 0 spiro atoms. The third kappa shape index (κ3) is 3.33. The van der Waals surface area contributed by atoms with Crippen LogP contribution in [0.1, 0.15) is 31.2 Å². The molecule has 1 aromatic heterocycles. The molecule has 1 aliphatic heterocycles. The van der Waals surface area contributed by atoms with Crippen LogP contribution in [0.5, 0.6) is 5.88 Å². The molecule has 1 aromatic rings. The number of aliphatic hydroxyl groups is 1. The summed E-state index contributed by atoms with van der Waals surface area (Å²) in [6.45, 7) is 1.64. The van der Waals surface area contributed by atoms with Crippen LogP contribution in [-0.2, 0) is 11.3 Å². The Balaban J connectivity index is 1.77. The number of aliphatic hydroxyl groups excluding tert-OH is 1. The Kier molecular flexibility index (Phi) is 4.55. The van der Waals surface area contributed by atoms with Gasteiger partial charge >= 0.3 is 5.97 Å². The number of methoxy groups -OCH3 is 1. The van der Waals surface area contributed by atoms with Crippen LogP contribution in [0.3, 0.4) is 0 Å². The smallest absolute Gasteiger partial charge is 0.313 e. The lowest BCUT2D eigenvalue weighted by molar-refractivity contribution is -0.165. The molecule has 2 fully saturated rings. The van der Waals surface area contributed by atoms with E-state index in [1.165, 1.54) is 0 Å². The molecule has 0 radical (unpaired) electrons. The molecule has 23 heavy (non-hydrogen) atoms. The monoisotopic (exact) mass is 320 g/mol. The van der Waals surface area contributed by atoms with Gasteiger partial charge in [0.25, 0.3) is 0 Å². The molecule has 2 aliphatic rings. The zero-order chi connectivity index (χ0) is 16.4. The highest BCUT2D eigenvalue weighted by atomic mass is 16.5. The van der Waals surface area contributed by atoms with Crippen LogP contribution >= 0.6 is 0 Å². The molecule has 0 aromatic carbocycles. The quantitative estimate of drug-likeness (QED) is 0.827. The third-order valence-electron chi connectivity index (χ3n) is 5.08. The van der Waals surface area contributed by atoms with Crippen molar-refractivity contribution in [2.45, 2.75) is 38.3 Å². The van der Waals surface area contributed by atoms with Crippen molar-refractivity contribution >= 4 is 5.97 Å². The number of carbonyl (C=O) groups is 1. The van der Waals surface area contributed by atoms with Gasteiger partial charge in [0.2, 0.25) is 5.88 Å². The van der Waals surface area contributed by atoms with E-state index in [4.69, 9.17) is 4.74 Å². The van der Waals surface area contributed by atoms with Crippen molar-refractivity contribution in [3.63, 3.8) is 0 Å². The van der Waals surface area contributed by atoms with E-state index in [-0.39, 0.29) is 0 Å². The minimum atomic E-state index is -1.05. The van der Waals surface area contributed by atoms with Gasteiger partial charge in [0.05, 0.1) is 13.2 Å². The van der Waals surface area contributed by atoms with Gasteiger partial charge in [0, 0.05) is 31.4 Å². The van der Waals surface area contributed by atoms with Crippen LogP contribution in [0.2, 0.25) is 0 Å². The number of nitrogens with zero attached hydrogens (tertiary/aromatic N) is 2. The number of ether oxygens (including phenoxy) is 1. The largest absolute Gasteiger partial charge is 0.481 e. The lowest BCUT2D eigenvalue weighted by Gasteiger charge is -2.43. The van der Waals surface area contributed by atoms with Crippen LogP contribution < -0.4 is 4.74 Å². The van der Waals surface area contributed by atoms with Crippen molar-refractivity contribution in [2.24, 2.45) is 11.3 Å². The number of carboxylic acid groups (broad SMARTS) is 1. The summed E-state index contributed by atoms with van der Waals surface area (Å²) in [6, 6.07) is 3.80. The summed E-state index contributed by atoms with van der Waals surface area (Å²) in [7, 11) is 1.58. The van der Waals surface area contributed by atoms with Gasteiger partial charge < -0.3 is 14.9 Å². The highest BCUT2D eigenvalue weighted by molar-refractivity contribution is 5.76. The van der Waals surface area contributed by atoms with Crippen LogP contribution in [0, 0.1) is 11.3 Å². The van der Waals surface area contributed by atoms with Crippen molar-refractivity contribution in [3.05, 3.63) is 23.9 Å². The third-order valence-corrected chi connectivity index (χ3v) is 5.08. The summed E-state index contributed by atoms with van der Waals surface area (Å²) >= 11 is 0. The highest BCUT2D eigenvalue weighted by Gasteiger charge is 2.51. The van der Waals surface area contributed by atoms with Gasteiger partial charge in [-0.3, -0.25) is 9.69 Å². The molecular weight excluding hydrogens is 296 g/mol. The average Bonchev–Trinajstić information content (AvgIpc) is 3.35. The lowest BCUT2D eigenvalue weighted by atomic mass is 9.73. The Bertz CT molecular complexity index is 575. The molecule has 0 amide bonds. The number of likely N-dealkylation sites (tertiary alicyclic amines) is 1. The molecular formula is C17H24N2O4. The summed E-state index contributed by atoms with van der Waals surface area (Å²) in [5, 5.41) is 20.2. The van der Waals surface area contributed by atoms with Gasteiger partial charge in [-0.15, -0.1) is 0 Å². The minimum Gasteiger partial charge on any atom is -0.481 e. The molecule has 2 N–H and O–H groups in total. The fourth-order valence-corrected chi connectivity index (χ4v) is 3.60. The number of rotatable bonds is 6. The van der Waals surface area contributed by atoms with Gasteiger partial charge in [-0.05, 0) is 24.8 Å². The zero-order valence-electron chi connectivity index (χ0n) is 13.4. The second kappa shape index (κ2) is 6.45. The van der Waals surface area contributed by atoms with E-state index >= 15 is 0 Å². The summed E-state index contributed by atoms with van der Waals surface area (Å²) in [5.41, 5.74) is -0.105. The maximum absolute atomic E-state index is 11.9. The molecule has 1 saturated heterocycles. The van der Waals surface area contributed by atoms with Gasteiger partial charge in [-0.2, -0.15) is 0 Å². The van der Waals surface area contributed by atoms with Crippen molar-refractivity contribution in [3.8, 4) is 5.88 Å². The molecule has 0 bridgehead atoms. The number of pyridine rings is 1. The number of hydrogen-bond donors (Lipinski definition) is 2. The predicted octanol–water partition coefficient (Wildman–Crippen LogP) is 1.53. The first kappa shape index (κ1) is 16.2. The summed E-state index contributed by atoms with van der Waals surface area (Å²) in [5.74, 6) is 0.148. The van der Waals surface area contributed by atoms with Crippen LogP contribution in [0.15, 0.2) is 18.3 Å². The minimum absolute atomic E-state index is 0.373. The second-order valence-electron chi connectivity index (χ2n) is 6.80. The average molecular weight is 320 g/mol. The van der Waals surface area contributed by atoms with Crippen molar-refractivity contribution in [2.75, 3.05) is 20.2 Å². The maximum Gasteiger partial charge on any atom is 0.313 e. The fourth-order valence-electron chi connectivity index (χ4n) is 3.60. The van der Waals surface area contributed by atoms with E-state index in [1.807, 2.05) is 12.1 Å². The first-order chi connectivity index (χ1) is 11.0. The van der Waals surface area contributed by atoms with E-state index in [9.17, 15) is 15.0 Å². The normalized spacial score (nSPS) is 28.5. The van der Waals surface area contributed by atoms with Crippen molar-refractivity contribution < 1.29 is 19.7 Å². The maximum atomic E-state index is 11.9. The SMILES string of the molecule is COc1ncccc1CN1CC[C@@H](O)[C@](CC2CC2)(C(=O)O)C1. The van der Waals surface area contributed by atoms with E-state index < -0.39 is 17.5 Å². The highest BCUT2D eigenvalue weighted by Crippen LogP contribution is 2.45. The summed E-state index contributed by atoms with van der Waals surface area (Å²) in [6.07, 6.45) is 4.13. The van der Waals surface area contributed by atoms with Crippen LogP contribution in [0.25, 0.3) is 0 Å². The second-order valence-corrected chi connectivity index (χ2v) is 6.80. The fraction of sp³-hybridized carbons (Fsp3) is 0.647. The van der Waals surface area contributed by atoms with Crippen molar-refractivity contribution in [1.82, 2.24) is 9.88 Å². The number of aromatic nitrogens is 1. The Morgan fingerprint density at radius 1 is 1.48 bits per heavy atom. The molecule has 6 nitrogen and oxygen atoms in total. The molecule has 6 heteroatoms. The Morgan fingerprint density at radius 3 is 2.91 bits per heavy atom. The summed E-state index contributed by atoms with van der Waals surface area (Å²) in [4.78, 5) is 18.2. The molecule has 0 unspecified atom stereocenters. The number of aliphatic carboxylic acids is 1. The van der Waals surface area contributed by atoms with E-state index in [0.29, 0.717) is 44.3 Å². The first-order valence-corrected chi connectivity index (χ1v) is 8.17. The first-order valence-electron chi connectivity index (χ1n) is 8.17. The molecule has 3 rings (SSSR count). The Morgan fingerprint density at radius 2 is 2.26 bits per heavy atom. The Hall–Kier alpha value is -1.66. The van der Waals surface area contributed by atoms with Crippen LogP contribution in [0.4, 0.5) is 0 Å². The van der Waals surface area contributed by atoms with E-state index in [1.54, 1.807) is 13.3 Å². The number of carboxylic acids is 1. The number of hydrogen-bond acceptors (Lipinski definition) is 5. The van der Waals surface area contributed by atoms with Crippen LogP contribution in [-0.4, -0.2) is 52.4 Å². The van der Waals surface area contributed by atoms with Gasteiger partial charge in [-0.1, -0.05) is 18.9 Å². The van der Waals surface area contributed by atoms with E-state index in [2.05, 4.69) is 9.88 Å². The molecule has 1 saturated carbocycles. The lowest BCUT2D eigenvalue weighted by Crippen LogP contribution is -2.56. The van der Waals surface area contributed by atoms with Gasteiger partial charge in [0.15, 0.2) is 0 Å². The van der Waals surface area contributed by atoms with Gasteiger partial charge in [-0.25, -0.2) is 4.98 Å².